The highest BCUT2D eigenvalue weighted by molar-refractivity contribution is 6.63. The van der Waals surface area contributed by atoms with Crippen LogP contribution < -0.4 is 10.2 Å². The summed E-state index contributed by atoms with van der Waals surface area (Å²) in [5.41, 5.74) is 0.902. The molecular formula is C18H21BClNO3. The van der Waals surface area contributed by atoms with Crippen molar-refractivity contribution in [2.24, 2.45) is 0 Å². The van der Waals surface area contributed by atoms with Crippen LogP contribution in [0.3, 0.4) is 0 Å². The third kappa shape index (κ3) is 3.43. The molecule has 1 aliphatic heterocycles. The van der Waals surface area contributed by atoms with E-state index in [1.807, 2.05) is 58.0 Å². The predicted octanol–water partition coefficient (Wildman–Crippen LogP) is 3.61. The Hall–Kier alpha value is -1.56. The van der Waals surface area contributed by atoms with E-state index in [0.29, 0.717) is 23.0 Å². The van der Waals surface area contributed by atoms with Gasteiger partial charge in [-0.05, 0) is 39.3 Å². The molecule has 0 spiro atoms. The molecule has 0 saturated carbocycles. The maximum atomic E-state index is 6.13. The first kappa shape index (κ1) is 17.3. The summed E-state index contributed by atoms with van der Waals surface area (Å²) >= 11 is 6.13. The Bertz CT molecular complexity index is 705. The third-order valence-electron chi connectivity index (χ3n) is 4.57. The minimum absolute atomic E-state index is 0.419. The van der Waals surface area contributed by atoms with E-state index in [1.54, 1.807) is 12.3 Å². The zero-order chi connectivity index (χ0) is 17.4. The van der Waals surface area contributed by atoms with Crippen molar-refractivity contribution in [1.29, 1.82) is 0 Å². The first-order chi connectivity index (χ1) is 11.3. The van der Waals surface area contributed by atoms with Crippen molar-refractivity contribution >= 4 is 24.2 Å². The second-order valence-electron chi connectivity index (χ2n) is 6.91. The first-order valence-electron chi connectivity index (χ1n) is 7.96. The van der Waals surface area contributed by atoms with Crippen molar-refractivity contribution in [3.05, 3.63) is 53.2 Å². The Kier molecular flexibility index (Phi) is 4.60. The van der Waals surface area contributed by atoms with Crippen LogP contribution in [0, 0.1) is 0 Å². The number of rotatable bonds is 4. The molecule has 24 heavy (non-hydrogen) atoms. The van der Waals surface area contributed by atoms with E-state index >= 15 is 0 Å². The molecule has 0 unspecified atom stereocenters. The van der Waals surface area contributed by atoms with Gasteiger partial charge in [-0.2, -0.15) is 0 Å². The standard InChI is InChI=1S/C18H21BClNO3/c1-17(2)18(3,4)24-19(23-17)15-10-14(20)11-21-16(15)22-12-13-8-6-5-7-9-13/h5-11H,12H2,1-4H3. The molecule has 2 aromatic rings. The third-order valence-corrected chi connectivity index (χ3v) is 4.78. The molecular weight excluding hydrogens is 324 g/mol. The Balaban J connectivity index is 1.84. The van der Waals surface area contributed by atoms with Gasteiger partial charge in [0.1, 0.15) is 6.61 Å². The molecule has 1 aromatic heterocycles. The van der Waals surface area contributed by atoms with Crippen LogP contribution >= 0.6 is 11.6 Å². The van der Waals surface area contributed by atoms with Crippen molar-refractivity contribution < 1.29 is 14.0 Å². The fourth-order valence-electron chi connectivity index (χ4n) is 2.43. The van der Waals surface area contributed by atoms with Crippen LogP contribution in [0.15, 0.2) is 42.6 Å². The molecule has 126 valence electrons. The van der Waals surface area contributed by atoms with Gasteiger partial charge in [-0.15, -0.1) is 0 Å². The second kappa shape index (κ2) is 6.39. The van der Waals surface area contributed by atoms with Crippen LogP contribution in [0.5, 0.6) is 5.88 Å². The van der Waals surface area contributed by atoms with E-state index in [-0.39, 0.29) is 0 Å². The highest BCUT2D eigenvalue weighted by Gasteiger charge is 2.52. The first-order valence-corrected chi connectivity index (χ1v) is 8.34. The van der Waals surface area contributed by atoms with Gasteiger partial charge in [0.2, 0.25) is 5.88 Å². The molecule has 2 heterocycles. The second-order valence-corrected chi connectivity index (χ2v) is 7.35. The number of pyridine rings is 1. The van der Waals surface area contributed by atoms with Gasteiger partial charge in [-0.1, -0.05) is 41.9 Å². The molecule has 0 amide bonds. The molecule has 0 radical (unpaired) electrons. The van der Waals surface area contributed by atoms with E-state index < -0.39 is 18.3 Å². The summed E-state index contributed by atoms with van der Waals surface area (Å²) in [7, 11) is -0.563. The molecule has 1 saturated heterocycles. The van der Waals surface area contributed by atoms with Gasteiger partial charge in [0.15, 0.2) is 0 Å². The lowest BCUT2D eigenvalue weighted by atomic mass is 9.80. The fraction of sp³-hybridized carbons (Fsp3) is 0.389. The van der Waals surface area contributed by atoms with Crippen molar-refractivity contribution in [2.45, 2.75) is 45.5 Å². The summed E-state index contributed by atoms with van der Waals surface area (Å²) < 4.78 is 18.1. The molecule has 1 aliphatic rings. The summed E-state index contributed by atoms with van der Waals surface area (Å²) in [6, 6.07) is 11.7. The van der Waals surface area contributed by atoms with E-state index in [0.717, 1.165) is 5.56 Å². The zero-order valence-corrected chi connectivity index (χ0v) is 15.1. The predicted molar refractivity (Wildman–Crippen MR) is 95.7 cm³/mol. The monoisotopic (exact) mass is 345 g/mol. The zero-order valence-electron chi connectivity index (χ0n) is 14.4. The quantitative estimate of drug-likeness (QED) is 0.794. The lowest BCUT2D eigenvalue weighted by molar-refractivity contribution is 0.00578. The largest absolute Gasteiger partial charge is 0.500 e. The maximum Gasteiger partial charge on any atom is 0.500 e. The maximum absolute atomic E-state index is 6.13. The van der Waals surface area contributed by atoms with Gasteiger partial charge in [-0.3, -0.25) is 0 Å². The van der Waals surface area contributed by atoms with E-state index in [2.05, 4.69) is 4.98 Å². The summed E-state index contributed by atoms with van der Waals surface area (Å²) in [6.07, 6.45) is 1.57. The molecule has 0 atom stereocenters. The number of ether oxygens (including phenoxy) is 1. The van der Waals surface area contributed by atoms with Crippen LogP contribution in [0.1, 0.15) is 33.3 Å². The van der Waals surface area contributed by atoms with Crippen molar-refractivity contribution in [1.82, 2.24) is 4.98 Å². The highest BCUT2D eigenvalue weighted by Crippen LogP contribution is 2.37. The Morgan fingerprint density at radius 2 is 1.71 bits per heavy atom. The average molecular weight is 346 g/mol. The number of nitrogens with zero attached hydrogens (tertiary/aromatic N) is 1. The van der Waals surface area contributed by atoms with Crippen molar-refractivity contribution in [2.75, 3.05) is 0 Å². The lowest BCUT2D eigenvalue weighted by Gasteiger charge is -2.32. The van der Waals surface area contributed by atoms with Crippen LogP contribution in [0.25, 0.3) is 0 Å². The number of hydrogen-bond acceptors (Lipinski definition) is 4. The van der Waals surface area contributed by atoms with Crippen LogP contribution in [-0.2, 0) is 15.9 Å². The van der Waals surface area contributed by atoms with Crippen LogP contribution in [0.4, 0.5) is 0 Å². The molecule has 4 nitrogen and oxygen atoms in total. The van der Waals surface area contributed by atoms with Crippen molar-refractivity contribution in [3.8, 4) is 5.88 Å². The minimum Gasteiger partial charge on any atom is -0.473 e. The summed E-state index contributed by atoms with van der Waals surface area (Å²) in [6.45, 7) is 8.46. The molecule has 6 heteroatoms. The van der Waals surface area contributed by atoms with Gasteiger partial charge >= 0.3 is 7.12 Å². The van der Waals surface area contributed by atoms with Gasteiger partial charge in [0, 0.05) is 11.7 Å². The van der Waals surface area contributed by atoms with Gasteiger partial charge in [-0.25, -0.2) is 4.98 Å². The van der Waals surface area contributed by atoms with E-state index in [9.17, 15) is 0 Å². The van der Waals surface area contributed by atoms with Gasteiger partial charge < -0.3 is 14.0 Å². The summed E-state index contributed by atoms with van der Waals surface area (Å²) in [5.74, 6) is 0.474. The van der Waals surface area contributed by atoms with Gasteiger partial charge in [0.05, 0.1) is 16.2 Å². The normalized spacial score (nSPS) is 18.6. The number of hydrogen-bond donors (Lipinski definition) is 0. The number of halogens is 1. The molecule has 3 rings (SSSR count). The topological polar surface area (TPSA) is 40.6 Å². The Morgan fingerprint density at radius 3 is 2.33 bits per heavy atom. The Morgan fingerprint density at radius 1 is 1.08 bits per heavy atom. The molecule has 0 bridgehead atoms. The number of benzene rings is 1. The van der Waals surface area contributed by atoms with Crippen molar-refractivity contribution in [3.63, 3.8) is 0 Å². The summed E-state index contributed by atoms with van der Waals surface area (Å²) in [5, 5.41) is 0.520. The average Bonchev–Trinajstić information content (AvgIpc) is 2.75. The van der Waals surface area contributed by atoms with E-state index in [4.69, 9.17) is 25.6 Å². The van der Waals surface area contributed by atoms with Crippen LogP contribution in [0.2, 0.25) is 5.02 Å². The molecule has 0 aliphatic carbocycles. The van der Waals surface area contributed by atoms with E-state index in [1.165, 1.54) is 0 Å². The lowest BCUT2D eigenvalue weighted by Crippen LogP contribution is -2.41. The molecule has 1 aromatic carbocycles. The SMILES string of the molecule is CC1(C)OB(c2cc(Cl)cnc2OCc2ccccc2)OC1(C)C. The summed E-state index contributed by atoms with van der Waals surface area (Å²) in [4.78, 5) is 4.32. The number of aromatic nitrogens is 1. The highest BCUT2D eigenvalue weighted by atomic mass is 35.5. The van der Waals surface area contributed by atoms with Gasteiger partial charge in [0.25, 0.3) is 0 Å². The molecule has 0 N–H and O–H groups in total. The smallest absolute Gasteiger partial charge is 0.473 e. The fourth-order valence-corrected chi connectivity index (χ4v) is 2.59. The molecule has 1 fully saturated rings. The van der Waals surface area contributed by atoms with Crippen LogP contribution in [-0.4, -0.2) is 23.3 Å². The Labute approximate surface area is 148 Å². The minimum atomic E-state index is -0.563.